The van der Waals surface area contributed by atoms with Gasteiger partial charge in [-0.05, 0) is 54.8 Å². The lowest BCUT2D eigenvalue weighted by molar-refractivity contribution is 0.595. The highest BCUT2D eigenvalue weighted by molar-refractivity contribution is 6.30. The zero-order valence-electron chi connectivity index (χ0n) is 11.4. The number of benzene rings is 1. The summed E-state index contributed by atoms with van der Waals surface area (Å²) in [5.41, 5.74) is 3.64. The first kappa shape index (κ1) is 14.0. The number of nitrogens with one attached hydrogen (secondary N) is 1. The van der Waals surface area contributed by atoms with E-state index in [2.05, 4.69) is 36.3 Å². The number of halogens is 1. The number of nitrogens with zero attached hydrogens (tertiary/aromatic N) is 1. The van der Waals surface area contributed by atoms with Crippen molar-refractivity contribution < 1.29 is 0 Å². The van der Waals surface area contributed by atoms with Gasteiger partial charge in [0, 0.05) is 17.4 Å². The Morgan fingerprint density at radius 3 is 2.79 bits per heavy atom. The molecule has 0 saturated carbocycles. The van der Waals surface area contributed by atoms with Crippen LogP contribution in [-0.4, -0.2) is 11.5 Å². The first-order valence-corrected chi connectivity index (χ1v) is 6.99. The Kier molecular flexibility index (Phi) is 4.94. The molecule has 0 bridgehead atoms. The average molecular weight is 275 g/mol. The molecule has 0 aliphatic carbocycles. The van der Waals surface area contributed by atoms with Crippen LogP contribution in [0.5, 0.6) is 0 Å². The minimum atomic E-state index is 0.172. The lowest BCUT2D eigenvalue weighted by Crippen LogP contribution is -2.24. The molecule has 2 aromatic rings. The van der Waals surface area contributed by atoms with Crippen LogP contribution in [-0.2, 0) is 0 Å². The van der Waals surface area contributed by atoms with Crippen molar-refractivity contribution in [1.29, 1.82) is 0 Å². The Morgan fingerprint density at radius 1 is 1.32 bits per heavy atom. The van der Waals surface area contributed by atoms with Crippen molar-refractivity contribution in [3.05, 3.63) is 64.4 Å². The first-order chi connectivity index (χ1) is 9.22. The van der Waals surface area contributed by atoms with E-state index in [0.29, 0.717) is 0 Å². The molecule has 0 aliphatic heterocycles. The third-order valence-electron chi connectivity index (χ3n) is 3.16. The fourth-order valence-corrected chi connectivity index (χ4v) is 2.43. The highest BCUT2D eigenvalue weighted by Gasteiger charge is 2.15. The molecule has 100 valence electrons. The van der Waals surface area contributed by atoms with Gasteiger partial charge in [-0.15, -0.1) is 0 Å². The van der Waals surface area contributed by atoms with E-state index in [0.717, 1.165) is 18.0 Å². The maximum atomic E-state index is 6.04. The van der Waals surface area contributed by atoms with Crippen molar-refractivity contribution in [2.75, 3.05) is 6.54 Å². The lowest BCUT2D eigenvalue weighted by atomic mass is 9.96. The molecule has 0 spiro atoms. The second-order valence-electron chi connectivity index (χ2n) is 4.67. The Balaban J connectivity index is 2.37. The molecule has 2 rings (SSSR count). The molecule has 1 unspecified atom stereocenters. The standard InChI is InChI=1S/C16H19ClN2/c1-3-8-19-16(13-5-4-9-18-11-13)15-7-6-14(17)10-12(15)2/h4-7,9-11,16,19H,3,8H2,1-2H3. The van der Waals surface area contributed by atoms with Gasteiger partial charge in [0.1, 0.15) is 0 Å². The van der Waals surface area contributed by atoms with Crippen molar-refractivity contribution >= 4 is 11.6 Å². The minimum Gasteiger partial charge on any atom is -0.306 e. The summed E-state index contributed by atoms with van der Waals surface area (Å²) in [6.45, 7) is 5.24. The van der Waals surface area contributed by atoms with Gasteiger partial charge in [0.15, 0.2) is 0 Å². The number of rotatable bonds is 5. The van der Waals surface area contributed by atoms with Crippen molar-refractivity contribution in [2.45, 2.75) is 26.3 Å². The number of hydrogen-bond acceptors (Lipinski definition) is 2. The van der Waals surface area contributed by atoms with Crippen molar-refractivity contribution in [2.24, 2.45) is 0 Å². The van der Waals surface area contributed by atoms with Crippen LogP contribution in [0.1, 0.15) is 36.1 Å². The maximum absolute atomic E-state index is 6.04. The molecule has 0 aliphatic rings. The summed E-state index contributed by atoms with van der Waals surface area (Å²) in [5, 5.41) is 4.36. The topological polar surface area (TPSA) is 24.9 Å². The van der Waals surface area contributed by atoms with E-state index in [-0.39, 0.29) is 6.04 Å². The van der Waals surface area contributed by atoms with Gasteiger partial charge < -0.3 is 5.32 Å². The summed E-state index contributed by atoms with van der Waals surface area (Å²) in [4.78, 5) is 4.22. The molecule has 1 aromatic carbocycles. The zero-order chi connectivity index (χ0) is 13.7. The van der Waals surface area contributed by atoms with Crippen molar-refractivity contribution in [3.63, 3.8) is 0 Å². The number of pyridine rings is 1. The molecule has 3 heteroatoms. The van der Waals surface area contributed by atoms with E-state index in [1.165, 1.54) is 16.7 Å². The Morgan fingerprint density at radius 2 is 2.16 bits per heavy atom. The second kappa shape index (κ2) is 6.69. The largest absolute Gasteiger partial charge is 0.306 e. The maximum Gasteiger partial charge on any atom is 0.0594 e. The summed E-state index contributed by atoms with van der Waals surface area (Å²) >= 11 is 6.04. The van der Waals surface area contributed by atoms with Gasteiger partial charge in [-0.3, -0.25) is 4.98 Å². The Bertz CT molecular complexity index is 526. The van der Waals surface area contributed by atoms with Gasteiger partial charge in [-0.1, -0.05) is 30.7 Å². The second-order valence-corrected chi connectivity index (χ2v) is 5.11. The Hall–Kier alpha value is -1.38. The monoisotopic (exact) mass is 274 g/mol. The summed E-state index contributed by atoms with van der Waals surface area (Å²) in [6, 6.07) is 10.3. The molecule has 1 heterocycles. The predicted molar refractivity (Wildman–Crippen MR) is 80.6 cm³/mol. The molecule has 1 N–H and O–H groups in total. The van der Waals surface area contributed by atoms with Gasteiger partial charge >= 0.3 is 0 Å². The number of hydrogen-bond donors (Lipinski definition) is 1. The predicted octanol–water partition coefficient (Wildman–Crippen LogP) is 4.13. The van der Waals surface area contributed by atoms with Gasteiger partial charge in [0.25, 0.3) is 0 Å². The molecule has 2 nitrogen and oxygen atoms in total. The van der Waals surface area contributed by atoms with Crippen LogP contribution in [0.4, 0.5) is 0 Å². The summed E-state index contributed by atoms with van der Waals surface area (Å²) < 4.78 is 0. The van der Waals surface area contributed by atoms with Gasteiger partial charge in [0.05, 0.1) is 6.04 Å². The normalized spacial score (nSPS) is 12.4. The number of aryl methyl sites for hydroxylation is 1. The summed E-state index contributed by atoms with van der Waals surface area (Å²) in [5.74, 6) is 0. The fourth-order valence-electron chi connectivity index (χ4n) is 2.21. The highest BCUT2D eigenvalue weighted by atomic mass is 35.5. The van der Waals surface area contributed by atoms with E-state index in [4.69, 9.17) is 11.6 Å². The smallest absolute Gasteiger partial charge is 0.0594 e. The molecular formula is C16H19ClN2. The van der Waals surface area contributed by atoms with Gasteiger partial charge in [-0.2, -0.15) is 0 Å². The molecule has 1 aromatic heterocycles. The third kappa shape index (κ3) is 3.55. The minimum absolute atomic E-state index is 0.172. The zero-order valence-corrected chi connectivity index (χ0v) is 12.1. The first-order valence-electron chi connectivity index (χ1n) is 6.61. The van der Waals surface area contributed by atoms with Crippen LogP contribution in [0.3, 0.4) is 0 Å². The van der Waals surface area contributed by atoms with E-state index in [1.807, 2.05) is 24.4 Å². The average Bonchev–Trinajstić information content (AvgIpc) is 2.42. The lowest BCUT2D eigenvalue weighted by Gasteiger charge is -2.21. The molecule has 1 atom stereocenters. The van der Waals surface area contributed by atoms with Crippen LogP contribution in [0.25, 0.3) is 0 Å². The molecule has 0 saturated heterocycles. The van der Waals surface area contributed by atoms with Crippen LogP contribution < -0.4 is 5.32 Å². The summed E-state index contributed by atoms with van der Waals surface area (Å²) in [6.07, 6.45) is 4.82. The molecular weight excluding hydrogens is 256 g/mol. The summed E-state index contributed by atoms with van der Waals surface area (Å²) in [7, 11) is 0. The van der Waals surface area contributed by atoms with Gasteiger partial charge in [-0.25, -0.2) is 0 Å². The Labute approximate surface area is 119 Å². The van der Waals surface area contributed by atoms with Crippen molar-refractivity contribution in [3.8, 4) is 0 Å². The van der Waals surface area contributed by atoms with E-state index in [1.54, 1.807) is 6.20 Å². The van der Waals surface area contributed by atoms with Crippen LogP contribution in [0.15, 0.2) is 42.7 Å². The van der Waals surface area contributed by atoms with Gasteiger partial charge in [0.2, 0.25) is 0 Å². The molecule has 19 heavy (non-hydrogen) atoms. The molecule has 0 amide bonds. The molecule has 0 fully saturated rings. The van der Waals surface area contributed by atoms with Crippen LogP contribution in [0.2, 0.25) is 5.02 Å². The van der Waals surface area contributed by atoms with E-state index >= 15 is 0 Å². The van der Waals surface area contributed by atoms with Crippen LogP contribution >= 0.6 is 11.6 Å². The fraction of sp³-hybridized carbons (Fsp3) is 0.312. The van der Waals surface area contributed by atoms with E-state index in [9.17, 15) is 0 Å². The van der Waals surface area contributed by atoms with Crippen molar-refractivity contribution in [1.82, 2.24) is 10.3 Å². The molecule has 0 radical (unpaired) electrons. The van der Waals surface area contributed by atoms with E-state index < -0.39 is 0 Å². The number of aromatic nitrogens is 1. The van der Waals surface area contributed by atoms with Crippen LogP contribution in [0, 0.1) is 6.92 Å². The highest BCUT2D eigenvalue weighted by Crippen LogP contribution is 2.26. The quantitative estimate of drug-likeness (QED) is 0.887. The third-order valence-corrected chi connectivity index (χ3v) is 3.39. The SMILES string of the molecule is CCCNC(c1cccnc1)c1ccc(Cl)cc1C.